The molecule has 27 heavy (non-hydrogen) atoms. The minimum atomic E-state index is -1.27. The predicted molar refractivity (Wildman–Crippen MR) is 104 cm³/mol. The first-order valence-corrected chi connectivity index (χ1v) is 9.63. The van der Waals surface area contributed by atoms with Crippen LogP contribution in [0.25, 0.3) is 0 Å². The third-order valence-electron chi connectivity index (χ3n) is 5.88. The Morgan fingerprint density at radius 3 is 2.00 bits per heavy atom. The maximum Gasteiger partial charge on any atom is 0.410 e. The van der Waals surface area contributed by atoms with Gasteiger partial charge in [-0.3, -0.25) is 4.90 Å². The predicted octanol–water partition coefficient (Wildman–Crippen LogP) is 4.32. The zero-order valence-electron chi connectivity index (χ0n) is 16.2. The molecule has 1 N–H and O–H groups in total. The van der Waals surface area contributed by atoms with Gasteiger partial charge in [0.25, 0.3) is 0 Å². The van der Waals surface area contributed by atoms with Crippen molar-refractivity contribution in [2.45, 2.75) is 50.4 Å². The average Bonchev–Trinajstić information content (AvgIpc) is 3.26. The second kappa shape index (κ2) is 6.10. The number of nitrogens with zero attached hydrogens (tertiary/aromatic N) is 1. The van der Waals surface area contributed by atoms with E-state index in [1.54, 1.807) is 4.90 Å². The number of fused-ring (bicyclic) bond motifs is 1. The number of hydrogen-bond donors (Lipinski definition) is 1. The van der Waals surface area contributed by atoms with Gasteiger partial charge >= 0.3 is 6.09 Å². The van der Waals surface area contributed by atoms with Gasteiger partial charge in [0.05, 0.1) is 5.54 Å². The molecule has 2 aromatic carbocycles. The number of benzene rings is 2. The lowest BCUT2D eigenvalue weighted by atomic mass is 9.77. The van der Waals surface area contributed by atoms with Crippen molar-refractivity contribution >= 4 is 6.09 Å². The topological polar surface area (TPSA) is 49.8 Å². The van der Waals surface area contributed by atoms with Crippen LogP contribution in [0, 0.1) is 5.92 Å². The maximum atomic E-state index is 13.0. The lowest BCUT2D eigenvalue weighted by Gasteiger charge is -2.43. The maximum absolute atomic E-state index is 13.0. The fourth-order valence-corrected chi connectivity index (χ4v) is 4.71. The summed E-state index contributed by atoms with van der Waals surface area (Å²) in [5, 5.41) is 12.2. The lowest BCUT2D eigenvalue weighted by molar-refractivity contribution is -0.0431. The van der Waals surface area contributed by atoms with Crippen LogP contribution in [-0.2, 0) is 10.3 Å². The van der Waals surface area contributed by atoms with Gasteiger partial charge in [-0.15, -0.1) is 0 Å². The molecule has 142 valence electrons. The van der Waals surface area contributed by atoms with Crippen LogP contribution < -0.4 is 0 Å². The molecule has 1 aliphatic heterocycles. The highest BCUT2D eigenvalue weighted by Gasteiger charge is 2.74. The number of likely N-dealkylation sites (tertiary alicyclic amines) is 1. The molecule has 4 heteroatoms. The van der Waals surface area contributed by atoms with Crippen LogP contribution in [0.1, 0.15) is 44.7 Å². The quantitative estimate of drug-likeness (QED) is 0.881. The van der Waals surface area contributed by atoms with E-state index in [2.05, 4.69) is 0 Å². The van der Waals surface area contributed by atoms with Crippen molar-refractivity contribution in [3.8, 4) is 0 Å². The van der Waals surface area contributed by atoms with Gasteiger partial charge in [0, 0.05) is 6.54 Å². The molecule has 0 radical (unpaired) electrons. The van der Waals surface area contributed by atoms with E-state index in [-0.39, 0.29) is 12.0 Å². The van der Waals surface area contributed by atoms with Crippen molar-refractivity contribution in [3.63, 3.8) is 0 Å². The fourth-order valence-electron chi connectivity index (χ4n) is 4.71. The number of rotatable bonds is 3. The molecule has 1 saturated heterocycles. The molecule has 0 spiro atoms. The van der Waals surface area contributed by atoms with Crippen LogP contribution in [0.15, 0.2) is 60.7 Å². The highest BCUT2D eigenvalue weighted by atomic mass is 16.6. The van der Waals surface area contributed by atoms with Crippen molar-refractivity contribution < 1.29 is 14.6 Å². The van der Waals surface area contributed by atoms with E-state index >= 15 is 0 Å². The third kappa shape index (κ3) is 2.74. The zero-order valence-corrected chi connectivity index (χ0v) is 16.2. The van der Waals surface area contributed by atoms with E-state index < -0.39 is 16.7 Å². The van der Waals surface area contributed by atoms with E-state index in [0.717, 1.165) is 24.0 Å². The number of ether oxygens (including phenoxy) is 1. The number of piperidine rings is 1. The molecule has 2 fully saturated rings. The van der Waals surface area contributed by atoms with E-state index in [4.69, 9.17) is 4.74 Å². The molecule has 2 unspecified atom stereocenters. The normalized spacial score (nSPS) is 24.4. The zero-order chi connectivity index (χ0) is 19.3. The standard InChI is InChI=1S/C23H27NO3/c1-21(2,3)27-20(25)24-15-14-19-16-22(19,24)23(26,17-10-6-4-7-11-17)18-12-8-5-9-13-18/h4-13,19,26H,14-16H2,1-3H3. The summed E-state index contributed by atoms with van der Waals surface area (Å²) in [6, 6.07) is 19.4. The molecular weight excluding hydrogens is 338 g/mol. The first kappa shape index (κ1) is 18.1. The number of carbonyl (C=O) groups excluding carboxylic acids is 1. The Morgan fingerprint density at radius 1 is 1.04 bits per heavy atom. The second-order valence-electron chi connectivity index (χ2n) is 8.69. The summed E-state index contributed by atoms with van der Waals surface area (Å²) >= 11 is 0. The van der Waals surface area contributed by atoms with Crippen molar-refractivity contribution in [2.75, 3.05) is 6.54 Å². The van der Waals surface area contributed by atoms with Crippen molar-refractivity contribution in [3.05, 3.63) is 71.8 Å². The molecule has 1 saturated carbocycles. The number of hydrogen-bond acceptors (Lipinski definition) is 3. The van der Waals surface area contributed by atoms with Crippen molar-refractivity contribution in [1.29, 1.82) is 0 Å². The van der Waals surface area contributed by atoms with Crippen LogP contribution in [0.5, 0.6) is 0 Å². The molecule has 1 amide bonds. The number of amides is 1. The Hall–Kier alpha value is -2.33. The Morgan fingerprint density at radius 2 is 1.56 bits per heavy atom. The van der Waals surface area contributed by atoms with E-state index in [9.17, 15) is 9.90 Å². The van der Waals surface area contributed by atoms with Crippen LogP contribution in [-0.4, -0.2) is 33.8 Å². The first-order valence-electron chi connectivity index (χ1n) is 9.63. The van der Waals surface area contributed by atoms with E-state index in [1.165, 1.54) is 0 Å². The van der Waals surface area contributed by atoms with Crippen molar-refractivity contribution in [1.82, 2.24) is 4.90 Å². The highest BCUT2D eigenvalue weighted by molar-refractivity contribution is 5.72. The Balaban J connectivity index is 1.82. The number of carbonyl (C=O) groups is 1. The van der Waals surface area contributed by atoms with Crippen LogP contribution in [0.3, 0.4) is 0 Å². The highest BCUT2D eigenvalue weighted by Crippen LogP contribution is 2.66. The molecule has 1 aliphatic carbocycles. The third-order valence-corrected chi connectivity index (χ3v) is 5.88. The summed E-state index contributed by atoms with van der Waals surface area (Å²) in [5.74, 6) is 0.274. The van der Waals surface area contributed by atoms with Gasteiger partial charge in [0.2, 0.25) is 0 Å². The molecular formula is C23H27NO3. The van der Waals surface area contributed by atoms with E-state index in [1.807, 2.05) is 81.4 Å². The Labute approximate surface area is 160 Å². The number of aliphatic hydroxyl groups is 1. The van der Waals surface area contributed by atoms with E-state index in [0.29, 0.717) is 6.54 Å². The van der Waals surface area contributed by atoms with Crippen LogP contribution >= 0.6 is 0 Å². The smallest absolute Gasteiger partial charge is 0.410 e. The van der Waals surface area contributed by atoms with Gasteiger partial charge in [0.1, 0.15) is 11.2 Å². The fraction of sp³-hybridized carbons (Fsp3) is 0.435. The average molecular weight is 365 g/mol. The summed E-state index contributed by atoms with van der Waals surface area (Å²) in [4.78, 5) is 14.8. The van der Waals surface area contributed by atoms with Gasteiger partial charge in [0.15, 0.2) is 0 Å². The Bertz CT molecular complexity index is 788. The van der Waals surface area contributed by atoms with Crippen molar-refractivity contribution in [2.24, 2.45) is 5.92 Å². The van der Waals surface area contributed by atoms with Gasteiger partial charge in [-0.1, -0.05) is 60.7 Å². The molecule has 2 atom stereocenters. The van der Waals surface area contributed by atoms with Gasteiger partial charge in [-0.05, 0) is 50.7 Å². The van der Waals surface area contributed by atoms with Crippen LogP contribution in [0.2, 0.25) is 0 Å². The van der Waals surface area contributed by atoms with Crippen LogP contribution in [0.4, 0.5) is 4.79 Å². The summed E-state index contributed by atoms with van der Waals surface area (Å²) in [5.41, 5.74) is -0.864. The summed E-state index contributed by atoms with van der Waals surface area (Å²) in [6.45, 7) is 6.23. The second-order valence-corrected chi connectivity index (χ2v) is 8.69. The van der Waals surface area contributed by atoms with Gasteiger partial charge in [-0.2, -0.15) is 0 Å². The largest absolute Gasteiger partial charge is 0.444 e. The molecule has 1 heterocycles. The minimum Gasteiger partial charge on any atom is -0.444 e. The Kier molecular flexibility index (Phi) is 4.08. The summed E-state index contributed by atoms with van der Waals surface area (Å²) < 4.78 is 5.69. The SMILES string of the molecule is CC(C)(C)OC(=O)N1CCC2CC21C(O)(c1ccccc1)c1ccccc1. The first-order chi connectivity index (χ1) is 12.8. The summed E-state index contributed by atoms with van der Waals surface area (Å²) in [6.07, 6.45) is 1.33. The minimum absolute atomic E-state index is 0.274. The van der Waals surface area contributed by atoms with Gasteiger partial charge < -0.3 is 9.84 Å². The molecule has 0 bridgehead atoms. The molecule has 4 nitrogen and oxygen atoms in total. The molecule has 2 aliphatic rings. The summed E-state index contributed by atoms with van der Waals surface area (Å²) in [7, 11) is 0. The monoisotopic (exact) mass is 365 g/mol. The molecule has 4 rings (SSSR count). The molecule has 2 aromatic rings. The van der Waals surface area contributed by atoms with Gasteiger partial charge in [-0.25, -0.2) is 4.79 Å². The lowest BCUT2D eigenvalue weighted by Crippen LogP contribution is -2.55. The molecule has 0 aromatic heterocycles.